The molecule has 4 nitrogen and oxygen atoms in total. The van der Waals surface area contributed by atoms with Crippen LogP contribution in [0, 0.1) is 0 Å². The summed E-state index contributed by atoms with van der Waals surface area (Å²) in [6.07, 6.45) is 0.685. The number of carbonyl (C=O) groups excluding carboxylic acids is 2. The Morgan fingerprint density at radius 1 is 1.25 bits per heavy atom. The molecule has 4 heteroatoms. The summed E-state index contributed by atoms with van der Waals surface area (Å²) in [5.74, 6) is 0.975. The van der Waals surface area contributed by atoms with Crippen LogP contribution in [0.5, 0.6) is 0 Å². The molecule has 102 valence electrons. The summed E-state index contributed by atoms with van der Waals surface area (Å²) >= 11 is 0. The lowest BCUT2D eigenvalue weighted by Gasteiger charge is -2.32. The molecular formula is C16H15NO3. The Balaban J connectivity index is 2.18. The van der Waals surface area contributed by atoms with E-state index in [0.29, 0.717) is 24.4 Å². The van der Waals surface area contributed by atoms with Gasteiger partial charge in [0.1, 0.15) is 5.76 Å². The Hall–Kier alpha value is -2.36. The second-order valence-corrected chi connectivity index (χ2v) is 5.46. The van der Waals surface area contributed by atoms with Gasteiger partial charge in [-0.05, 0) is 37.1 Å². The molecule has 1 amide bonds. The van der Waals surface area contributed by atoms with E-state index in [1.807, 2.05) is 32.0 Å². The average Bonchev–Trinajstić information content (AvgIpc) is 2.91. The highest BCUT2D eigenvalue weighted by Gasteiger charge is 2.36. The van der Waals surface area contributed by atoms with Crippen molar-refractivity contribution in [3.05, 3.63) is 47.2 Å². The fourth-order valence-electron chi connectivity index (χ4n) is 2.67. The van der Waals surface area contributed by atoms with Crippen molar-refractivity contribution in [1.29, 1.82) is 0 Å². The summed E-state index contributed by atoms with van der Waals surface area (Å²) in [6, 6.07) is 9.26. The van der Waals surface area contributed by atoms with Crippen molar-refractivity contribution in [2.24, 2.45) is 0 Å². The van der Waals surface area contributed by atoms with Gasteiger partial charge in [-0.2, -0.15) is 0 Å². The number of nitrogens with one attached hydrogen (secondary N) is 1. The van der Waals surface area contributed by atoms with Gasteiger partial charge < -0.3 is 9.73 Å². The number of fused-ring (bicyclic) bond motifs is 1. The molecule has 0 unspecified atom stereocenters. The molecule has 2 aromatic rings. The Labute approximate surface area is 116 Å². The number of furan rings is 1. The molecule has 20 heavy (non-hydrogen) atoms. The summed E-state index contributed by atoms with van der Waals surface area (Å²) in [5.41, 5.74) is 2.40. The van der Waals surface area contributed by atoms with Crippen molar-refractivity contribution < 1.29 is 14.0 Å². The van der Waals surface area contributed by atoms with Gasteiger partial charge in [0.05, 0.1) is 5.41 Å². The summed E-state index contributed by atoms with van der Waals surface area (Å²) in [5, 5.41) is 2.91. The van der Waals surface area contributed by atoms with Crippen molar-refractivity contribution >= 4 is 12.2 Å². The number of aldehydes is 1. The quantitative estimate of drug-likeness (QED) is 0.853. The van der Waals surface area contributed by atoms with Gasteiger partial charge in [0.2, 0.25) is 5.91 Å². The molecule has 0 saturated heterocycles. The van der Waals surface area contributed by atoms with Crippen LogP contribution in [-0.4, -0.2) is 12.2 Å². The Morgan fingerprint density at radius 3 is 2.75 bits per heavy atom. The van der Waals surface area contributed by atoms with E-state index in [1.54, 1.807) is 12.1 Å². The minimum Gasteiger partial charge on any atom is -0.453 e. The summed E-state index contributed by atoms with van der Waals surface area (Å²) in [4.78, 5) is 22.7. The minimum atomic E-state index is -0.566. The van der Waals surface area contributed by atoms with Crippen LogP contribution in [0.25, 0.3) is 11.3 Å². The highest BCUT2D eigenvalue weighted by atomic mass is 16.3. The van der Waals surface area contributed by atoms with Crippen molar-refractivity contribution in [3.8, 4) is 11.3 Å². The fraction of sp³-hybridized carbons (Fsp3) is 0.250. The van der Waals surface area contributed by atoms with Gasteiger partial charge in [-0.1, -0.05) is 18.2 Å². The summed E-state index contributed by atoms with van der Waals surface area (Å²) in [7, 11) is 0. The molecule has 1 aliphatic heterocycles. The van der Waals surface area contributed by atoms with Crippen LogP contribution in [0.3, 0.4) is 0 Å². The average molecular weight is 269 g/mol. The number of carbonyl (C=O) groups is 2. The smallest absolute Gasteiger partial charge is 0.230 e. The lowest BCUT2D eigenvalue weighted by Crippen LogP contribution is -2.44. The van der Waals surface area contributed by atoms with E-state index >= 15 is 0 Å². The first-order valence-corrected chi connectivity index (χ1v) is 6.50. The van der Waals surface area contributed by atoms with E-state index in [1.165, 1.54) is 0 Å². The number of rotatable bonds is 2. The van der Waals surface area contributed by atoms with Gasteiger partial charge in [-0.3, -0.25) is 9.59 Å². The predicted octanol–water partition coefficient (Wildman–Crippen LogP) is 2.67. The third kappa shape index (κ3) is 1.76. The van der Waals surface area contributed by atoms with Gasteiger partial charge in [0.15, 0.2) is 12.0 Å². The lowest BCUT2D eigenvalue weighted by molar-refractivity contribution is -0.126. The van der Waals surface area contributed by atoms with Crippen LogP contribution < -0.4 is 5.32 Å². The van der Waals surface area contributed by atoms with E-state index in [4.69, 9.17) is 4.42 Å². The molecule has 0 atom stereocenters. The highest BCUT2D eigenvalue weighted by molar-refractivity contribution is 5.90. The highest BCUT2D eigenvalue weighted by Crippen LogP contribution is 2.36. The zero-order chi connectivity index (χ0) is 14.3. The van der Waals surface area contributed by atoms with Gasteiger partial charge in [0.25, 0.3) is 0 Å². The topological polar surface area (TPSA) is 59.3 Å². The number of benzene rings is 1. The second-order valence-electron chi connectivity index (χ2n) is 5.46. The minimum absolute atomic E-state index is 0.0233. The molecule has 1 N–H and O–H groups in total. The van der Waals surface area contributed by atoms with Gasteiger partial charge in [-0.15, -0.1) is 0 Å². The van der Waals surface area contributed by atoms with E-state index in [9.17, 15) is 9.59 Å². The van der Waals surface area contributed by atoms with Crippen molar-refractivity contribution in [3.63, 3.8) is 0 Å². The van der Waals surface area contributed by atoms with Crippen LogP contribution in [0.4, 0.5) is 0 Å². The number of hydrogen-bond acceptors (Lipinski definition) is 3. The lowest BCUT2D eigenvalue weighted by atomic mass is 9.77. The molecular weight excluding hydrogens is 254 g/mol. The van der Waals surface area contributed by atoms with Crippen molar-refractivity contribution in [1.82, 2.24) is 5.32 Å². The van der Waals surface area contributed by atoms with Crippen LogP contribution in [0.2, 0.25) is 0 Å². The van der Waals surface area contributed by atoms with Crippen molar-refractivity contribution in [2.45, 2.75) is 25.8 Å². The Kier molecular flexibility index (Phi) is 2.74. The molecule has 1 aromatic carbocycles. The molecule has 0 spiro atoms. The van der Waals surface area contributed by atoms with Crippen LogP contribution in [0.1, 0.15) is 35.5 Å². The Bertz CT molecular complexity index is 697. The first-order chi connectivity index (χ1) is 9.54. The zero-order valence-corrected chi connectivity index (χ0v) is 11.4. The van der Waals surface area contributed by atoms with Gasteiger partial charge in [0, 0.05) is 12.1 Å². The fourth-order valence-corrected chi connectivity index (χ4v) is 2.67. The number of hydrogen-bond donors (Lipinski definition) is 1. The zero-order valence-electron chi connectivity index (χ0n) is 11.4. The monoisotopic (exact) mass is 269 g/mol. The third-order valence-electron chi connectivity index (χ3n) is 3.85. The summed E-state index contributed by atoms with van der Waals surface area (Å²) < 4.78 is 5.50. The largest absolute Gasteiger partial charge is 0.453 e. The summed E-state index contributed by atoms with van der Waals surface area (Å²) in [6.45, 7) is 4.29. The molecule has 0 fully saturated rings. The molecule has 0 bridgehead atoms. The van der Waals surface area contributed by atoms with Crippen LogP contribution in [-0.2, 0) is 16.8 Å². The van der Waals surface area contributed by atoms with E-state index in [-0.39, 0.29) is 5.91 Å². The number of amides is 1. The first-order valence-electron chi connectivity index (χ1n) is 6.50. The maximum atomic E-state index is 12.0. The molecule has 2 heterocycles. The second kappa shape index (κ2) is 4.34. The molecule has 1 aromatic heterocycles. The van der Waals surface area contributed by atoms with Gasteiger partial charge >= 0.3 is 0 Å². The maximum Gasteiger partial charge on any atom is 0.230 e. The maximum absolute atomic E-state index is 12.0. The molecule has 0 saturated carbocycles. The molecule has 0 aliphatic carbocycles. The van der Waals surface area contributed by atoms with Crippen LogP contribution in [0.15, 0.2) is 34.7 Å². The van der Waals surface area contributed by atoms with E-state index in [2.05, 4.69) is 5.32 Å². The Morgan fingerprint density at radius 2 is 2.05 bits per heavy atom. The molecule has 0 radical (unpaired) electrons. The van der Waals surface area contributed by atoms with Crippen molar-refractivity contribution in [2.75, 3.05) is 0 Å². The molecule has 3 rings (SSSR count). The normalized spacial score (nSPS) is 16.4. The van der Waals surface area contributed by atoms with Gasteiger partial charge in [-0.25, -0.2) is 0 Å². The molecule has 1 aliphatic rings. The predicted molar refractivity (Wildman–Crippen MR) is 74.4 cm³/mol. The van der Waals surface area contributed by atoms with Crippen LogP contribution >= 0.6 is 0 Å². The SMILES string of the molecule is CC1(C)C(=O)NCc2c(-c3ccc(C=O)o3)cccc21. The standard InChI is InChI=1S/C16H15NO3/c1-16(2)13-5-3-4-11(12(13)8-17-15(16)19)14-7-6-10(9-18)20-14/h3-7,9H,8H2,1-2H3,(H,17,19). The third-order valence-corrected chi connectivity index (χ3v) is 3.85. The first kappa shape index (κ1) is 12.7. The van der Waals surface area contributed by atoms with E-state index in [0.717, 1.165) is 16.7 Å². The van der Waals surface area contributed by atoms with E-state index < -0.39 is 5.41 Å².